The summed E-state index contributed by atoms with van der Waals surface area (Å²) < 4.78 is 43.5. The molecule has 0 unspecified atom stereocenters. The molecule has 0 aromatic heterocycles. The molecule has 0 radical (unpaired) electrons. The van der Waals surface area contributed by atoms with Gasteiger partial charge in [0.15, 0.2) is 0 Å². The van der Waals surface area contributed by atoms with Crippen molar-refractivity contribution in [1.82, 2.24) is 0 Å². The van der Waals surface area contributed by atoms with Gasteiger partial charge in [0.05, 0.1) is 112 Å². The number of hydrogen-bond acceptors (Lipinski definition) is 9. The van der Waals surface area contributed by atoms with Gasteiger partial charge in [0.2, 0.25) is 0 Å². The highest BCUT2D eigenvalue weighted by Gasteiger charge is 2.04. The molecule has 0 amide bonds. The Morgan fingerprint density at radius 1 is 0.391 bits per heavy atom. The second kappa shape index (κ2) is 29.2. The third kappa shape index (κ3) is 22.6. The molecule has 0 aliphatic carbocycles. The third-order valence-corrected chi connectivity index (χ3v) is 7.00. The minimum atomic E-state index is 0. The van der Waals surface area contributed by atoms with Crippen LogP contribution in [0.25, 0.3) is 0 Å². The van der Waals surface area contributed by atoms with E-state index >= 15 is 0 Å². The van der Waals surface area contributed by atoms with Crippen molar-refractivity contribution in [2.45, 2.75) is 62.5 Å². The largest absolute Gasteiger partial charge is 0.394 e. The molecule has 1 N–H and O–H groups in total. The predicted molar refractivity (Wildman–Crippen MR) is 185 cm³/mol. The Hall–Kier alpha value is -1.92. The summed E-state index contributed by atoms with van der Waals surface area (Å²) in [5.41, 5.74) is 10.7. The molecule has 0 spiro atoms. The van der Waals surface area contributed by atoms with Gasteiger partial charge in [0.1, 0.15) is 0 Å². The molecule has 0 fully saturated rings. The standard InChI is InChI=1S/C26H46O9.C10H14.CH4/c1-23-20-24(2)26(25(3)21-23)22-35-19-18-34-17-16-33-15-14-32-13-12-31-11-10-30-9-8-29-7-6-28-5-4-27;1-7-5-8(2)10(4)9(3)6-7;/h20-21,27H,4-19,22H2,1-3H3;5-6H,1-4H3;1H4. The number of aliphatic hydroxyl groups is 1. The normalized spacial score (nSPS) is 10.9. The maximum absolute atomic E-state index is 8.56. The van der Waals surface area contributed by atoms with Crippen molar-refractivity contribution in [3.05, 3.63) is 68.8 Å². The van der Waals surface area contributed by atoms with Crippen LogP contribution < -0.4 is 0 Å². The maximum Gasteiger partial charge on any atom is 0.0723 e. The van der Waals surface area contributed by atoms with E-state index in [1.807, 2.05) is 0 Å². The average molecular weight is 653 g/mol. The Labute approximate surface area is 279 Å². The first-order valence-electron chi connectivity index (χ1n) is 16.1. The van der Waals surface area contributed by atoms with Gasteiger partial charge in [-0.3, -0.25) is 0 Å². The van der Waals surface area contributed by atoms with Crippen molar-refractivity contribution in [2.75, 3.05) is 106 Å². The highest BCUT2D eigenvalue weighted by molar-refractivity contribution is 5.37. The van der Waals surface area contributed by atoms with Gasteiger partial charge in [-0.15, -0.1) is 0 Å². The van der Waals surface area contributed by atoms with Crippen LogP contribution in [-0.4, -0.2) is 111 Å². The lowest BCUT2D eigenvalue weighted by atomic mass is 10.0. The molecule has 9 nitrogen and oxygen atoms in total. The van der Waals surface area contributed by atoms with E-state index in [1.54, 1.807) is 0 Å². The van der Waals surface area contributed by atoms with Crippen molar-refractivity contribution in [2.24, 2.45) is 0 Å². The third-order valence-electron chi connectivity index (χ3n) is 7.00. The fourth-order valence-electron chi connectivity index (χ4n) is 4.47. The summed E-state index contributed by atoms with van der Waals surface area (Å²) in [6.45, 7) is 23.3. The molecule has 0 heterocycles. The topological polar surface area (TPSA) is 94.1 Å². The van der Waals surface area contributed by atoms with E-state index in [0.29, 0.717) is 106 Å². The first-order chi connectivity index (χ1) is 21.8. The van der Waals surface area contributed by atoms with Crippen LogP contribution in [0.4, 0.5) is 0 Å². The molecule has 0 aliphatic rings. The van der Waals surface area contributed by atoms with E-state index in [1.165, 1.54) is 44.5 Å². The molecule has 0 atom stereocenters. The molecule has 46 heavy (non-hydrogen) atoms. The molecule has 266 valence electrons. The maximum atomic E-state index is 8.56. The molecule has 0 bridgehead atoms. The summed E-state index contributed by atoms with van der Waals surface area (Å²) in [5, 5.41) is 8.56. The molecule has 0 saturated carbocycles. The molecule has 2 rings (SSSR count). The zero-order valence-corrected chi connectivity index (χ0v) is 29.0. The minimum Gasteiger partial charge on any atom is -0.394 e. The Bertz CT molecular complexity index is 966. The Morgan fingerprint density at radius 3 is 0.957 bits per heavy atom. The van der Waals surface area contributed by atoms with Crippen molar-refractivity contribution >= 4 is 0 Å². The summed E-state index contributed by atoms with van der Waals surface area (Å²) in [5.74, 6) is 0. The van der Waals surface area contributed by atoms with E-state index < -0.39 is 0 Å². The molecule has 0 aliphatic heterocycles. The quantitative estimate of drug-likeness (QED) is 0.134. The lowest BCUT2D eigenvalue weighted by Crippen LogP contribution is -2.15. The number of benzene rings is 2. The number of rotatable bonds is 25. The van der Waals surface area contributed by atoms with Gasteiger partial charge >= 0.3 is 0 Å². The minimum absolute atomic E-state index is 0. The molecular weight excluding hydrogens is 588 g/mol. The molecule has 2 aromatic rings. The molecule has 0 saturated heterocycles. The summed E-state index contributed by atoms with van der Waals surface area (Å²) in [4.78, 5) is 0. The van der Waals surface area contributed by atoms with Crippen LogP contribution in [-0.2, 0) is 44.5 Å². The summed E-state index contributed by atoms with van der Waals surface area (Å²) in [6, 6.07) is 8.82. The number of aryl methyl sites for hydroxylation is 6. The molecule has 2 aromatic carbocycles. The van der Waals surface area contributed by atoms with Gasteiger partial charge in [0.25, 0.3) is 0 Å². The first kappa shape index (κ1) is 44.1. The van der Waals surface area contributed by atoms with Crippen molar-refractivity contribution in [3.63, 3.8) is 0 Å². The smallest absolute Gasteiger partial charge is 0.0723 e. The second-order valence-electron chi connectivity index (χ2n) is 11.0. The van der Waals surface area contributed by atoms with Crippen molar-refractivity contribution in [3.8, 4) is 0 Å². The zero-order valence-electron chi connectivity index (χ0n) is 29.0. The van der Waals surface area contributed by atoms with Gasteiger partial charge in [-0.1, -0.05) is 42.8 Å². The Kier molecular flexibility index (Phi) is 28.0. The van der Waals surface area contributed by atoms with Gasteiger partial charge in [0, 0.05) is 0 Å². The lowest BCUT2D eigenvalue weighted by molar-refractivity contribution is -0.0242. The van der Waals surface area contributed by atoms with Gasteiger partial charge < -0.3 is 43.0 Å². The number of hydrogen-bond donors (Lipinski definition) is 1. The van der Waals surface area contributed by atoms with E-state index in [4.69, 9.17) is 43.0 Å². The summed E-state index contributed by atoms with van der Waals surface area (Å²) in [7, 11) is 0. The number of ether oxygens (including phenoxy) is 8. The first-order valence-corrected chi connectivity index (χ1v) is 16.1. The predicted octanol–water partition coefficient (Wildman–Crippen LogP) is 5.79. The average Bonchev–Trinajstić information content (AvgIpc) is 2.99. The Balaban J connectivity index is 0.00000156. The van der Waals surface area contributed by atoms with Crippen LogP contribution in [0.3, 0.4) is 0 Å². The highest BCUT2D eigenvalue weighted by atomic mass is 16.6. The van der Waals surface area contributed by atoms with Crippen molar-refractivity contribution in [1.29, 1.82) is 0 Å². The molecular formula is C37H64O9. The van der Waals surface area contributed by atoms with E-state index in [-0.39, 0.29) is 14.0 Å². The Morgan fingerprint density at radius 2 is 0.652 bits per heavy atom. The summed E-state index contributed by atoms with van der Waals surface area (Å²) >= 11 is 0. The zero-order chi connectivity index (χ0) is 33.1. The van der Waals surface area contributed by atoms with E-state index in [2.05, 4.69) is 72.7 Å². The second-order valence-corrected chi connectivity index (χ2v) is 11.0. The van der Waals surface area contributed by atoms with Crippen molar-refractivity contribution < 1.29 is 43.0 Å². The van der Waals surface area contributed by atoms with Crippen LogP contribution in [0, 0.1) is 48.5 Å². The SMILES string of the molecule is C.Cc1cc(C)c(C)c(C)c1.Cc1cc(C)c(COCCOCCOCCOCCOCCOCCOCCOCCO)c(C)c1. The van der Waals surface area contributed by atoms with E-state index in [0.717, 1.165) is 0 Å². The fourth-order valence-corrected chi connectivity index (χ4v) is 4.47. The lowest BCUT2D eigenvalue weighted by Gasteiger charge is -2.12. The number of aliphatic hydroxyl groups excluding tert-OH is 1. The highest BCUT2D eigenvalue weighted by Crippen LogP contribution is 2.17. The van der Waals surface area contributed by atoms with Gasteiger partial charge in [-0.05, 0) is 81.8 Å². The molecule has 9 heteroatoms. The van der Waals surface area contributed by atoms with Gasteiger partial charge in [-0.2, -0.15) is 0 Å². The van der Waals surface area contributed by atoms with Crippen LogP contribution in [0.1, 0.15) is 51.9 Å². The van der Waals surface area contributed by atoms with Crippen LogP contribution in [0.2, 0.25) is 0 Å². The van der Waals surface area contributed by atoms with Crippen LogP contribution in [0.15, 0.2) is 24.3 Å². The van der Waals surface area contributed by atoms with Gasteiger partial charge in [-0.25, -0.2) is 0 Å². The van der Waals surface area contributed by atoms with Crippen LogP contribution >= 0.6 is 0 Å². The fraction of sp³-hybridized carbons (Fsp3) is 0.676. The van der Waals surface area contributed by atoms with E-state index in [9.17, 15) is 0 Å². The van der Waals surface area contributed by atoms with Crippen LogP contribution in [0.5, 0.6) is 0 Å². The monoisotopic (exact) mass is 652 g/mol. The summed E-state index contributed by atoms with van der Waals surface area (Å²) in [6.07, 6.45) is 0.